The molecule has 2 heterocycles. The first-order valence-electron chi connectivity index (χ1n) is 8.90. The van der Waals surface area contributed by atoms with Gasteiger partial charge < -0.3 is 24.8 Å². The summed E-state index contributed by atoms with van der Waals surface area (Å²) < 4.78 is 16.8. The second-order valence-electron chi connectivity index (χ2n) is 6.81. The number of fused-ring (bicyclic) bond motifs is 2. The highest BCUT2D eigenvalue weighted by atomic mass is 16.7. The fourth-order valence-electron chi connectivity index (χ4n) is 3.54. The lowest BCUT2D eigenvalue weighted by molar-refractivity contribution is 0.169. The number of rotatable bonds is 3. The van der Waals surface area contributed by atoms with E-state index in [0.29, 0.717) is 17.2 Å². The predicted molar refractivity (Wildman–Crippen MR) is 102 cm³/mol. The number of urea groups is 1. The van der Waals surface area contributed by atoms with Crippen molar-refractivity contribution < 1.29 is 19.0 Å². The normalized spacial score (nSPS) is 18.0. The Morgan fingerprint density at radius 1 is 1.26 bits per heavy atom. The summed E-state index contributed by atoms with van der Waals surface area (Å²) >= 11 is 0. The van der Waals surface area contributed by atoms with E-state index in [1.807, 2.05) is 44.3 Å². The van der Waals surface area contributed by atoms with Crippen LogP contribution in [0.1, 0.15) is 22.9 Å². The quantitative estimate of drug-likeness (QED) is 0.870. The molecule has 0 saturated carbocycles. The average Bonchev–Trinajstić information content (AvgIpc) is 3.12. The number of nitrogens with one attached hydrogen (secondary N) is 2. The molecule has 0 spiro atoms. The fourth-order valence-corrected chi connectivity index (χ4v) is 3.54. The summed E-state index contributed by atoms with van der Waals surface area (Å²) in [6, 6.07) is 9.39. The maximum Gasteiger partial charge on any atom is 0.320 e. The van der Waals surface area contributed by atoms with Crippen LogP contribution in [0.15, 0.2) is 30.3 Å². The standard InChI is InChI=1S/C20H23N3O4/c1-12-4-6-14(7-5-12)21-20(24)22-19-16-13(8-9-23(19)2)10-15-17(18(16)25-3)27-11-26-15/h4-7,10,19H,8-9,11H2,1-3H3,(H2,21,22,24)/t19-/m0/s1. The monoisotopic (exact) mass is 369 g/mol. The summed E-state index contributed by atoms with van der Waals surface area (Å²) in [6.45, 7) is 3.00. The minimum atomic E-state index is -0.330. The predicted octanol–water partition coefficient (Wildman–Crippen LogP) is 3.04. The number of amides is 2. The van der Waals surface area contributed by atoms with Crippen molar-refractivity contribution in [3.8, 4) is 17.2 Å². The lowest BCUT2D eigenvalue weighted by Gasteiger charge is -2.36. The number of carbonyl (C=O) groups excluding carboxylic acids is 1. The molecule has 1 atom stereocenters. The number of anilines is 1. The number of hydrogen-bond acceptors (Lipinski definition) is 5. The maximum absolute atomic E-state index is 12.6. The van der Waals surface area contributed by atoms with Gasteiger partial charge in [0.15, 0.2) is 11.5 Å². The van der Waals surface area contributed by atoms with Gasteiger partial charge in [-0.05, 0) is 44.2 Å². The van der Waals surface area contributed by atoms with E-state index in [2.05, 4.69) is 15.5 Å². The summed E-state index contributed by atoms with van der Waals surface area (Å²) in [5, 5.41) is 5.94. The fraction of sp³-hybridized carbons (Fsp3) is 0.350. The molecule has 4 rings (SSSR count). The zero-order valence-corrected chi connectivity index (χ0v) is 15.7. The summed E-state index contributed by atoms with van der Waals surface area (Å²) in [6.07, 6.45) is 0.514. The molecule has 2 amide bonds. The van der Waals surface area contributed by atoms with Gasteiger partial charge in [0, 0.05) is 17.8 Å². The highest BCUT2D eigenvalue weighted by molar-refractivity contribution is 5.89. The highest BCUT2D eigenvalue weighted by Gasteiger charge is 2.34. The van der Waals surface area contributed by atoms with Crippen molar-refractivity contribution >= 4 is 11.7 Å². The molecule has 0 bridgehead atoms. The Morgan fingerprint density at radius 3 is 2.78 bits per heavy atom. The molecule has 27 heavy (non-hydrogen) atoms. The van der Waals surface area contributed by atoms with Crippen LogP contribution in [0.4, 0.5) is 10.5 Å². The van der Waals surface area contributed by atoms with Crippen molar-refractivity contribution in [1.82, 2.24) is 10.2 Å². The van der Waals surface area contributed by atoms with E-state index in [0.717, 1.165) is 35.3 Å². The Kier molecular flexibility index (Phi) is 4.53. The van der Waals surface area contributed by atoms with Gasteiger partial charge in [-0.25, -0.2) is 4.79 Å². The highest BCUT2D eigenvalue weighted by Crippen LogP contribution is 2.48. The first-order chi connectivity index (χ1) is 13.1. The number of aryl methyl sites for hydroxylation is 1. The van der Waals surface area contributed by atoms with Gasteiger partial charge in [-0.15, -0.1) is 0 Å². The second kappa shape index (κ2) is 7.00. The first-order valence-corrected chi connectivity index (χ1v) is 8.90. The number of likely N-dealkylation sites (N-methyl/N-ethyl adjacent to an activating group) is 1. The molecule has 0 aliphatic carbocycles. The van der Waals surface area contributed by atoms with Crippen LogP contribution in [-0.4, -0.2) is 38.4 Å². The van der Waals surface area contributed by atoms with Crippen LogP contribution in [0.25, 0.3) is 0 Å². The molecular weight excluding hydrogens is 346 g/mol. The molecule has 0 radical (unpaired) electrons. The SMILES string of the molecule is COc1c2c(cc3c1[C@@H](NC(=O)Nc1ccc(C)cc1)N(C)CC3)OCO2. The molecule has 0 saturated heterocycles. The Hall–Kier alpha value is -2.93. The third kappa shape index (κ3) is 3.26. The van der Waals surface area contributed by atoms with Crippen LogP contribution in [0, 0.1) is 6.92 Å². The van der Waals surface area contributed by atoms with E-state index in [1.54, 1.807) is 7.11 Å². The summed E-state index contributed by atoms with van der Waals surface area (Å²) in [5.74, 6) is 1.91. The van der Waals surface area contributed by atoms with Crippen molar-refractivity contribution in [2.75, 3.05) is 32.8 Å². The number of ether oxygens (including phenoxy) is 3. The van der Waals surface area contributed by atoms with Gasteiger partial charge in [0.2, 0.25) is 12.5 Å². The van der Waals surface area contributed by atoms with Gasteiger partial charge in [0.25, 0.3) is 0 Å². The molecule has 2 aliphatic rings. The van der Waals surface area contributed by atoms with E-state index in [4.69, 9.17) is 14.2 Å². The molecule has 2 aliphatic heterocycles. The van der Waals surface area contributed by atoms with Crippen LogP contribution >= 0.6 is 0 Å². The van der Waals surface area contributed by atoms with E-state index in [9.17, 15) is 4.79 Å². The molecule has 7 nitrogen and oxygen atoms in total. The van der Waals surface area contributed by atoms with Crippen LogP contribution in [0.2, 0.25) is 0 Å². The average molecular weight is 369 g/mol. The van der Waals surface area contributed by atoms with E-state index in [-0.39, 0.29) is 19.0 Å². The van der Waals surface area contributed by atoms with Crippen molar-refractivity contribution in [3.63, 3.8) is 0 Å². The van der Waals surface area contributed by atoms with Crippen LogP contribution in [0.5, 0.6) is 17.2 Å². The van der Waals surface area contributed by atoms with Gasteiger partial charge in [-0.3, -0.25) is 4.90 Å². The van der Waals surface area contributed by atoms with Crippen molar-refractivity contribution in [2.24, 2.45) is 0 Å². The molecule has 2 aromatic rings. The van der Waals surface area contributed by atoms with Crippen LogP contribution in [-0.2, 0) is 6.42 Å². The zero-order valence-electron chi connectivity index (χ0n) is 15.7. The molecule has 0 aromatic heterocycles. The van der Waals surface area contributed by atoms with Crippen LogP contribution in [0.3, 0.4) is 0 Å². The largest absolute Gasteiger partial charge is 0.492 e. The van der Waals surface area contributed by atoms with Crippen LogP contribution < -0.4 is 24.8 Å². The number of carbonyl (C=O) groups is 1. The molecule has 0 unspecified atom stereocenters. The smallest absolute Gasteiger partial charge is 0.320 e. The van der Waals surface area contributed by atoms with Gasteiger partial charge in [-0.2, -0.15) is 0 Å². The van der Waals surface area contributed by atoms with E-state index < -0.39 is 0 Å². The second-order valence-corrected chi connectivity index (χ2v) is 6.81. The van der Waals surface area contributed by atoms with Gasteiger partial charge in [0.05, 0.1) is 7.11 Å². The minimum absolute atomic E-state index is 0.177. The number of hydrogen-bond donors (Lipinski definition) is 2. The topological polar surface area (TPSA) is 72.1 Å². The van der Waals surface area contributed by atoms with Gasteiger partial charge in [0.1, 0.15) is 6.17 Å². The summed E-state index contributed by atoms with van der Waals surface area (Å²) in [5.41, 5.74) is 3.89. The molecule has 2 N–H and O–H groups in total. The van der Waals surface area contributed by atoms with Gasteiger partial charge >= 0.3 is 6.03 Å². The van der Waals surface area contributed by atoms with E-state index in [1.165, 1.54) is 0 Å². The summed E-state index contributed by atoms with van der Waals surface area (Å²) in [7, 11) is 3.58. The lowest BCUT2D eigenvalue weighted by Crippen LogP contribution is -2.45. The lowest BCUT2D eigenvalue weighted by atomic mass is 9.95. The molecule has 7 heteroatoms. The third-order valence-corrected chi connectivity index (χ3v) is 4.97. The number of benzene rings is 2. The minimum Gasteiger partial charge on any atom is -0.492 e. The van der Waals surface area contributed by atoms with Crippen molar-refractivity contribution in [3.05, 3.63) is 47.0 Å². The Morgan fingerprint density at radius 2 is 2.04 bits per heavy atom. The number of nitrogens with zero attached hydrogens (tertiary/aromatic N) is 1. The van der Waals surface area contributed by atoms with Crippen molar-refractivity contribution in [2.45, 2.75) is 19.5 Å². The molecule has 2 aromatic carbocycles. The Bertz CT molecular complexity index is 867. The maximum atomic E-state index is 12.6. The Balaban J connectivity index is 1.62. The zero-order chi connectivity index (χ0) is 19.0. The van der Waals surface area contributed by atoms with Crippen molar-refractivity contribution in [1.29, 1.82) is 0 Å². The molecular formula is C20H23N3O4. The number of methoxy groups -OCH3 is 1. The first kappa shape index (κ1) is 17.5. The third-order valence-electron chi connectivity index (χ3n) is 4.97. The Labute approximate surface area is 158 Å². The molecule has 0 fully saturated rings. The van der Waals surface area contributed by atoms with Gasteiger partial charge in [-0.1, -0.05) is 17.7 Å². The molecule has 142 valence electrons. The van der Waals surface area contributed by atoms with E-state index >= 15 is 0 Å². The summed E-state index contributed by atoms with van der Waals surface area (Å²) in [4.78, 5) is 14.7.